The monoisotopic (exact) mass is 890 g/mol. The van der Waals surface area contributed by atoms with E-state index in [1.165, 1.54) is 24.3 Å². The molecule has 60 heavy (non-hydrogen) atoms. The summed E-state index contributed by atoms with van der Waals surface area (Å²) in [7, 11) is 0. The van der Waals surface area contributed by atoms with Crippen molar-refractivity contribution < 1.29 is 94.4 Å². The number of ether oxygens (including phenoxy) is 4. The summed E-state index contributed by atoms with van der Waals surface area (Å²) in [5.41, 5.74) is 1.95. The fourth-order valence-electron chi connectivity index (χ4n) is 4.81. The SMILES string of the molecule is CCC(C)(C)c1ccc(OCC(=O)OCCC(F)(F)C(F)(F)C(F)(F)C(F)(F)F)cc1.CCC(C)(C)c1ccc2cc(OCC(=O)OC(C(F)(F)F)C(F)(F)F)ccc2c1. The zero-order chi connectivity index (χ0) is 46.3. The number of hydrogen-bond donors (Lipinski definition) is 0. The van der Waals surface area contributed by atoms with E-state index >= 15 is 0 Å². The average molecular weight is 891 g/mol. The molecule has 0 saturated carbocycles. The van der Waals surface area contributed by atoms with Crippen LogP contribution < -0.4 is 9.47 Å². The lowest BCUT2D eigenvalue weighted by molar-refractivity contribution is -0.397. The zero-order valence-corrected chi connectivity index (χ0v) is 32.7. The van der Waals surface area contributed by atoms with Crippen molar-refractivity contribution in [1.29, 1.82) is 0 Å². The number of fused-ring (bicyclic) bond motifs is 1. The van der Waals surface area contributed by atoms with Gasteiger partial charge in [0.1, 0.15) is 11.5 Å². The van der Waals surface area contributed by atoms with E-state index in [1.807, 2.05) is 39.0 Å². The van der Waals surface area contributed by atoms with Gasteiger partial charge in [0.15, 0.2) is 13.2 Å². The summed E-state index contributed by atoms with van der Waals surface area (Å²) in [5, 5.41) is 1.63. The van der Waals surface area contributed by atoms with Gasteiger partial charge in [-0.2, -0.15) is 65.9 Å². The van der Waals surface area contributed by atoms with Crippen LogP contribution in [0.25, 0.3) is 10.8 Å². The third-order valence-electron chi connectivity index (χ3n) is 9.44. The first-order valence-electron chi connectivity index (χ1n) is 17.7. The van der Waals surface area contributed by atoms with Crippen LogP contribution in [0, 0.1) is 0 Å². The van der Waals surface area contributed by atoms with E-state index in [4.69, 9.17) is 9.47 Å². The Hall–Kier alpha value is -4.59. The third kappa shape index (κ3) is 13.2. The fourth-order valence-corrected chi connectivity index (χ4v) is 4.81. The van der Waals surface area contributed by atoms with Crippen LogP contribution in [-0.2, 0) is 29.9 Å². The number of esters is 2. The molecule has 0 unspecified atom stereocenters. The van der Waals surface area contributed by atoms with Crippen LogP contribution in [0.15, 0.2) is 60.7 Å². The average Bonchev–Trinajstić information content (AvgIpc) is 3.13. The Morgan fingerprint density at radius 2 is 0.983 bits per heavy atom. The number of rotatable bonds is 16. The van der Waals surface area contributed by atoms with Gasteiger partial charge in [-0.3, -0.25) is 0 Å². The Morgan fingerprint density at radius 3 is 1.48 bits per heavy atom. The lowest BCUT2D eigenvalue weighted by Crippen LogP contribution is -2.61. The van der Waals surface area contributed by atoms with Crippen LogP contribution >= 0.6 is 0 Å². The minimum atomic E-state index is -6.98. The molecule has 338 valence electrons. The summed E-state index contributed by atoms with van der Waals surface area (Å²) in [6.07, 6.45) is -23.1. The van der Waals surface area contributed by atoms with E-state index in [0.29, 0.717) is 0 Å². The number of alkyl halides is 15. The number of carbonyl (C=O) groups is 2. The fraction of sp³-hybridized carbons (Fsp3) is 0.538. The Morgan fingerprint density at radius 1 is 0.550 bits per heavy atom. The van der Waals surface area contributed by atoms with Crippen LogP contribution in [0.5, 0.6) is 11.5 Å². The molecule has 0 heterocycles. The van der Waals surface area contributed by atoms with Crippen LogP contribution in [0.3, 0.4) is 0 Å². The number of benzene rings is 3. The Labute approximate surface area is 334 Å². The van der Waals surface area contributed by atoms with Crippen LogP contribution in [0.2, 0.25) is 0 Å². The maximum Gasteiger partial charge on any atom is 0.460 e. The molecule has 0 aliphatic carbocycles. The van der Waals surface area contributed by atoms with Crippen LogP contribution in [-0.4, -0.2) is 74.2 Å². The molecule has 6 nitrogen and oxygen atoms in total. The maximum absolute atomic E-state index is 13.3. The third-order valence-corrected chi connectivity index (χ3v) is 9.44. The van der Waals surface area contributed by atoms with Crippen molar-refractivity contribution in [3.05, 3.63) is 71.8 Å². The Bertz CT molecular complexity index is 1870. The minimum Gasteiger partial charge on any atom is -0.482 e. The smallest absolute Gasteiger partial charge is 0.460 e. The van der Waals surface area contributed by atoms with Crippen molar-refractivity contribution in [3.8, 4) is 11.5 Å². The summed E-state index contributed by atoms with van der Waals surface area (Å²) in [5.74, 6) is -22.3. The van der Waals surface area contributed by atoms with E-state index in [1.54, 1.807) is 18.2 Å². The highest BCUT2D eigenvalue weighted by Crippen LogP contribution is 2.54. The van der Waals surface area contributed by atoms with Gasteiger partial charge in [-0.05, 0) is 69.8 Å². The molecule has 0 aliphatic heterocycles. The van der Waals surface area contributed by atoms with E-state index in [2.05, 4.69) is 30.2 Å². The predicted molar refractivity (Wildman–Crippen MR) is 186 cm³/mol. The van der Waals surface area contributed by atoms with Gasteiger partial charge in [0, 0.05) is 0 Å². The van der Waals surface area contributed by atoms with Crippen molar-refractivity contribution in [2.24, 2.45) is 0 Å². The second-order valence-corrected chi connectivity index (χ2v) is 14.6. The molecule has 21 heteroatoms. The molecule has 0 spiro atoms. The summed E-state index contributed by atoms with van der Waals surface area (Å²) < 4.78 is 207. The first kappa shape index (κ1) is 51.6. The largest absolute Gasteiger partial charge is 0.482 e. The number of halogens is 15. The molecule has 0 saturated heterocycles. The highest BCUT2D eigenvalue weighted by molar-refractivity contribution is 5.85. The molecular formula is C39H41F15O6. The first-order chi connectivity index (χ1) is 27.1. The van der Waals surface area contributed by atoms with Gasteiger partial charge >= 0.3 is 48.2 Å². The Kier molecular flexibility index (Phi) is 16.3. The van der Waals surface area contributed by atoms with Crippen molar-refractivity contribution in [2.45, 2.75) is 114 Å². The second kappa shape index (κ2) is 19.0. The lowest BCUT2D eigenvalue weighted by atomic mass is 9.81. The molecule has 3 aromatic rings. The van der Waals surface area contributed by atoms with E-state index in [0.717, 1.165) is 34.7 Å². The zero-order valence-electron chi connectivity index (χ0n) is 32.7. The van der Waals surface area contributed by atoms with Crippen molar-refractivity contribution in [1.82, 2.24) is 0 Å². The van der Waals surface area contributed by atoms with Crippen LogP contribution in [0.1, 0.15) is 71.9 Å². The summed E-state index contributed by atoms with van der Waals surface area (Å²) in [6.45, 7) is 8.84. The summed E-state index contributed by atoms with van der Waals surface area (Å²) in [6, 6.07) is 17.0. The second-order valence-electron chi connectivity index (χ2n) is 14.6. The van der Waals surface area contributed by atoms with Gasteiger partial charge in [0.25, 0.3) is 6.10 Å². The molecule has 0 bridgehead atoms. The molecule has 0 radical (unpaired) electrons. The van der Waals surface area contributed by atoms with E-state index in [9.17, 15) is 75.4 Å². The molecule has 0 fully saturated rings. The maximum atomic E-state index is 13.3. The van der Waals surface area contributed by atoms with Crippen molar-refractivity contribution in [3.63, 3.8) is 0 Å². The van der Waals surface area contributed by atoms with Gasteiger partial charge in [0.2, 0.25) is 0 Å². The Balaban J connectivity index is 0.000000414. The normalized spacial score (nSPS) is 13.4. The van der Waals surface area contributed by atoms with Gasteiger partial charge in [-0.1, -0.05) is 77.9 Å². The van der Waals surface area contributed by atoms with Gasteiger partial charge in [0.05, 0.1) is 13.0 Å². The van der Waals surface area contributed by atoms with E-state index in [-0.39, 0.29) is 22.3 Å². The highest BCUT2D eigenvalue weighted by atomic mass is 19.4. The minimum absolute atomic E-state index is 0.0272. The predicted octanol–water partition coefficient (Wildman–Crippen LogP) is 12.1. The molecule has 0 aliphatic rings. The molecule has 3 aromatic carbocycles. The van der Waals surface area contributed by atoms with E-state index < -0.39 is 80.6 Å². The van der Waals surface area contributed by atoms with Gasteiger partial charge < -0.3 is 18.9 Å². The van der Waals surface area contributed by atoms with Crippen molar-refractivity contribution >= 4 is 22.7 Å². The molecular weight excluding hydrogens is 849 g/mol. The summed E-state index contributed by atoms with van der Waals surface area (Å²) >= 11 is 0. The molecule has 3 rings (SSSR count). The molecule has 0 N–H and O–H groups in total. The van der Waals surface area contributed by atoms with Crippen LogP contribution in [0.4, 0.5) is 65.9 Å². The standard InChI is InChI=1S/C20H20F6O3.C19H21F9O3/c1-4-18(2,3)14-7-5-13-10-15(8-6-12(13)9-14)28-11-16(27)29-17(19(21,22)23)20(24,25)26;1-4-15(2,3)12-5-7-13(8-6-12)31-11-14(29)30-10-9-16(20,21)17(22,23)18(24,25)19(26,27)28/h5-10,17H,4,11H2,1-3H3;5-8H,4,9-11H2,1-3H3. The van der Waals surface area contributed by atoms with Gasteiger partial charge in [-0.15, -0.1) is 0 Å². The topological polar surface area (TPSA) is 71.1 Å². The van der Waals surface area contributed by atoms with Gasteiger partial charge in [-0.25, -0.2) is 9.59 Å². The molecule has 0 aromatic heterocycles. The molecule has 0 atom stereocenters. The van der Waals surface area contributed by atoms with Crippen molar-refractivity contribution in [2.75, 3.05) is 19.8 Å². The molecule has 0 amide bonds. The quantitative estimate of drug-likeness (QED) is 0.105. The lowest BCUT2D eigenvalue weighted by Gasteiger charge is -2.33. The highest BCUT2D eigenvalue weighted by Gasteiger charge is 2.81. The number of carbonyl (C=O) groups excluding carboxylic acids is 2. The number of hydrogen-bond acceptors (Lipinski definition) is 6. The first-order valence-corrected chi connectivity index (χ1v) is 17.7. The summed E-state index contributed by atoms with van der Waals surface area (Å²) in [4.78, 5) is 22.9.